The third kappa shape index (κ3) is 3.00. The smallest absolute Gasteiger partial charge is 0.0595 e. The summed E-state index contributed by atoms with van der Waals surface area (Å²) in [6, 6.07) is 6.30. The van der Waals surface area contributed by atoms with Crippen LogP contribution in [0.5, 0.6) is 0 Å². The monoisotopic (exact) mass is 286 g/mol. The summed E-state index contributed by atoms with van der Waals surface area (Å²) in [7, 11) is 0. The predicted octanol–water partition coefficient (Wildman–Crippen LogP) is 3.72. The Morgan fingerprint density at radius 2 is 2.06 bits per heavy atom. The van der Waals surface area contributed by atoms with E-state index in [2.05, 4.69) is 18.7 Å². The first-order valence-electron chi connectivity index (χ1n) is 6.43. The summed E-state index contributed by atoms with van der Waals surface area (Å²) in [4.78, 5) is 2.45. The highest BCUT2D eigenvalue weighted by Gasteiger charge is 2.33. The average Bonchev–Trinajstić information content (AvgIpc) is 2.63. The van der Waals surface area contributed by atoms with E-state index in [1.807, 2.05) is 18.2 Å². The lowest BCUT2D eigenvalue weighted by Crippen LogP contribution is -2.33. The Balaban J connectivity index is 2.24. The average molecular weight is 287 g/mol. The Kier molecular flexibility index (Phi) is 4.54. The second kappa shape index (κ2) is 5.79. The van der Waals surface area contributed by atoms with E-state index >= 15 is 0 Å². The van der Waals surface area contributed by atoms with Crippen molar-refractivity contribution in [2.24, 2.45) is 11.7 Å². The Morgan fingerprint density at radius 3 is 2.67 bits per heavy atom. The first-order valence-corrected chi connectivity index (χ1v) is 7.19. The van der Waals surface area contributed by atoms with Gasteiger partial charge in [-0.2, -0.15) is 0 Å². The summed E-state index contributed by atoms with van der Waals surface area (Å²) in [5.41, 5.74) is 7.42. The van der Waals surface area contributed by atoms with Crippen molar-refractivity contribution in [3.05, 3.63) is 33.8 Å². The first-order chi connectivity index (χ1) is 8.49. The number of rotatable bonds is 3. The van der Waals surface area contributed by atoms with E-state index in [1.54, 1.807) is 0 Å². The first kappa shape index (κ1) is 14.1. The molecule has 2 N–H and O–H groups in total. The molecule has 2 rings (SSSR count). The minimum atomic E-state index is 0.181. The summed E-state index contributed by atoms with van der Waals surface area (Å²) in [5, 5.41) is 1.21. The molecule has 0 aliphatic carbocycles. The molecule has 0 bridgehead atoms. The third-order valence-electron chi connectivity index (χ3n) is 3.43. The minimum Gasteiger partial charge on any atom is -0.326 e. The lowest BCUT2D eigenvalue weighted by atomic mass is 10.0. The van der Waals surface area contributed by atoms with Gasteiger partial charge >= 0.3 is 0 Å². The van der Waals surface area contributed by atoms with Crippen LogP contribution in [0.2, 0.25) is 10.0 Å². The van der Waals surface area contributed by atoms with Crippen molar-refractivity contribution in [1.82, 2.24) is 4.90 Å². The maximum absolute atomic E-state index is 6.25. The fourth-order valence-electron chi connectivity index (χ4n) is 2.71. The lowest BCUT2D eigenvalue weighted by molar-refractivity contribution is 0.221. The maximum Gasteiger partial charge on any atom is 0.0595 e. The Labute approximate surface area is 119 Å². The Morgan fingerprint density at radius 1 is 1.33 bits per heavy atom. The van der Waals surface area contributed by atoms with Crippen LogP contribution >= 0.6 is 23.2 Å². The molecule has 0 amide bonds. The second-order valence-corrected chi connectivity index (χ2v) is 6.27. The van der Waals surface area contributed by atoms with Gasteiger partial charge in [0.2, 0.25) is 0 Å². The highest BCUT2D eigenvalue weighted by Crippen LogP contribution is 2.34. The maximum atomic E-state index is 6.25. The molecule has 1 aromatic rings. The van der Waals surface area contributed by atoms with Gasteiger partial charge in [-0.25, -0.2) is 0 Å². The highest BCUT2D eigenvalue weighted by molar-refractivity contribution is 6.42. The Hall–Kier alpha value is -0.280. The molecule has 2 atom stereocenters. The van der Waals surface area contributed by atoms with Crippen molar-refractivity contribution in [2.45, 2.75) is 32.4 Å². The quantitative estimate of drug-likeness (QED) is 0.918. The van der Waals surface area contributed by atoms with Crippen molar-refractivity contribution >= 4 is 23.2 Å². The normalized spacial score (nSPS) is 25.0. The van der Waals surface area contributed by atoms with Gasteiger partial charge in [-0.3, -0.25) is 4.90 Å². The molecule has 2 nitrogen and oxygen atoms in total. The lowest BCUT2D eigenvalue weighted by Gasteiger charge is -2.28. The molecule has 0 aromatic heterocycles. The zero-order chi connectivity index (χ0) is 13.3. The zero-order valence-electron chi connectivity index (χ0n) is 10.9. The molecule has 1 aromatic carbocycles. The van der Waals surface area contributed by atoms with Crippen LogP contribution in [0.15, 0.2) is 18.2 Å². The molecule has 0 spiro atoms. The number of benzene rings is 1. The molecule has 2 unspecified atom stereocenters. The summed E-state index contributed by atoms with van der Waals surface area (Å²) in [6.07, 6.45) is 1.04. The SMILES string of the molecule is CC(C)CN1CCC(N)C1c1ccc(Cl)c(Cl)c1. The van der Waals surface area contributed by atoms with Crippen LogP contribution in [0.3, 0.4) is 0 Å². The zero-order valence-corrected chi connectivity index (χ0v) is 12.4. The number of nitrogens with two attached hydrogens (primary N) is 1. The molecule has 1 saturated heterocycles. The van der Waals surface area contributed by atoms with Gasteiger partial charge < -0.3 is 5.73 Å². The van der Waals surface area contributed by atoms with Gasteiger partial charge in [0, 0.05) is 25.2 Å². The van der Waals surface area contributed by atoms with E-state index < -0.39 is 0 Å². The van der Waals surface area contributed by atoms with Crippen molar-refractivity contribution in [1.29, 1.82) is 0 Å². The van der Waals surface area contributed by atoms with Gasteiger partial charge in [0.15, 0.2) is 0 Å². The number of halogens is 2. The molecule has 1 fully saturated rings. The van der Waals surface area contributed by atoms with Crippen LogP contribution < -0.4 is 5.73 Å². The largest absolute Gasteiger partial charge is 0.326 e. The van der Waals surface area contributed by atoms with E-state index in [0.717, 1.165) is 19.5 Å². The van der Waals surface area contributed by atoms with Gasteiger partial charge in [0.05, 0.1) is 10.0 Å². The van der Waals surface area contributed by atoms with Crippen molar-refractivity contribution < 1.29 is 0 Å². The van der Waals surface area contributed by atoms with E-state index in [4.69, 9.17) is 28.9 Å². The molecule has 0 saturated carbocycles. The second-order valence-electron chi connectivity index (χ2n) is 5.46. The number of hydrogen-bond donors (Lipinski definition) is 1. The summed E-state index contributed by atoms with van der Waals surface area (Å²) >= 11 is 12.1. The van der Waals surface area contributed by atoms with Crippen molar-refractivity contribution in [3.63, 3.8) is 0 Å². The fourth-order valence-corrected chi connectivity index (χ4v) is 3.02. The van der Waals surface area contributed by atoms with E-state index in [0.29, 0.717) is 16.0 Å². The molecule has 100 valence electrons. The van der Waals surface area contributed by atoms with Crippen LogP contribution in [0.4, 0.5) is 0 Å². The van der Waals surface area contributed by atoms with Gasteiger partial charge in [-0.15, -0.1) is 0 Å². The summed E-state index contributed by atoms with van der Waals surface area (Å²) < 4.78 is 0. The van der Waals surface area contributed by atoms with E-state index in [9.17, 15) is 0 Å². The summed E-state index contributed by atoms with van der Waals surface area (Å²) in [6.45, 7) is 6.59. The topological polar surface area (TPSA) is 29.3 Å². The van der Waals surface area contributed by atoms with Crippen molar-refractivity contribution in [3.8, 4) is 0 Å². The van der Waals surface area contributed by atoms with E-state index in [-0.39, 0.29) is 12.1 Å². The minimum absolute atomic E-state index is 0.181. The molecular weight excluding hydrogens is 267 g/mol. The molecule has 18 heavy (non-hydrogen) atoms. The van der Waals surface area contributed by atoms with Crippen molar-refractivity contribution in [2.75, 3.05) is 13.1 Å². The van der Waals surface area contributed by atoms with Gasteiger partial charge in [0.1, 0.15) is 0 Å². The predicted molar refractivity (Wildman–Crippen MR) is 78.2 cm³/mol. The molecular formula is C14H20Cl2N2. The molecule has 4 heteroatoms. The highest BCUT2D eigenvalue weighted by atomic mass is 35.5. The number of nitrogens with zero attached hydrogens (tertiary/aromatic N) is 1. The van der Waals surface area contributed by atoms with Gasteiger partial charge in [-0.1, -0.05) is 43.1 Å². The van der Waals surface area contributed by atoms with Crippen LogP contribution in [-0.2, 0) is 0 Å². The van der Waals surface area contributed by atoms with E-state index in [1.165, 1.54) is 5.56 Å². The molecule has 1 heterocycles. The molecule has 0 radical (unpaired) electrons. The van der Waals surface area contributed by atoms with Crippen LogP contribution in [0.1, 0.15) is 31.9 Å². The molecule has 1 aliphatic heterocycles. The Bertz CT molecular complexity index is 420. The standard InChI is InChI=1S/C14H20Cl2N2/c1-9(2)8-18-6-5-13(17)14(18)10-3-4-11(15)12(16)7-10/h3-4,7,9,13-14H,5-6,8,17H2,1-2H3. The van der Waals surface area contributed by atoms with Gasteiger partial charge in [0.25, 0.3) is 0 Å². The van der Waals surface area contributed by atoms with Gasteiger partial charge in [-0.05, 0) is 30.0 Å². The van der Waals surface area contributed by atoms with Crippen LogP contribution in [0.25, 0.3) is 0 Å². The third-order valence-corrected chi connectivity index (χ3v) is 4.17. The molecule has 1 aliphatic rings. The number of hydrogen-bond acceptors (Lipinski definition) is 2. The summed E-state index contributed by atoms with van der Waals surface area (Å²) in [5.74, 6) is 0.639. The number of likely N-dealkylation sites (tertiary alicyclic amines) is 1. The van der Waals surface area contributed by atoms with Crippen LogP contribution in [-0.4, -0.2) is 24.0 Å². The van der Waals surface area contributed by atoms with Crippen LogP contribution in [0, 0.1) is 5.92 Å². The fraction of sp³-hybridized carbons (Fsp3) is 0.571.